The third kappa shape index (κ3) is 5.91. The molecule has 0 aliphatic heterocycles. The van der Waals surface area contributed by atoms with Crippen LogP contribution in [-0.2, 0) is 0 Å². The first kappa shape index (κ1) is 14.6. The van der Waals surface area contributed by atoms with Crippen LogP contribution in [0.1, 0.15) is 59.8 Å². The lowest BCUT2D eigenvalue weighted by Gasteiger charge is -2.27. The van der Waals surface area contributed by atoms with E-state index in [2.05, 4.69) is 6.92 Å². The number of hydrogen-bond donors (Lipinski definition) is 0. The molecule has 0 aromatic rings. The van der Waals surface area contributed by atoms with Gasteiger partial charge in [-0.05, 0) is 18.9 Å². The second kappa shape index (κ2) is 6.24. The van der Waals surface area contributed by atoms with Gasteiger partial charge in [-0.3, -0.25) is 0 Å². The maximum Gasteiger partial charge on any atom is 0.271 e. The number of allylic oxidation sites excluding steroid dienone is 2. The van der Waals surface area contributed by atoms with Crippen LogP contribution in [0.5, 0.6) is 0 Å². The molecule has 2 heteroatoms. The fourth-order valence-electron chi connectivity index (χ4n) is 1.17. The Kier molecular flexibility index (Phi) is 6.07. The Morgan fingerprint density at radius 3 is 2.07 bits per heavy atom. The van der Waals surface area contributed by atoms with Crippen molar-refractivity contribution in [2.24, 2.45) is 5.41 Å². The number of alkyl halides is 2. The molecule has 0 bridgehead atoms. The Morgan fingerprint density at radius 1 is 1.00 bits per heavy atom. The summed E-state index contributed by atoms with van der Waals surface area (Å²) >= 11 is 0. The van der Waals surface area contributed by atoms with Gasteiger partial charge in [0.2, 0.25) is 0 Å². The molecule has 0 aromatic carbocycles. The summed E-state index contributed by atoms with van der Waals surface area (Å²) in [6.45, 7) is 6.83. The summed E-state index contributed by atoms with van der Waals surface area (Å²) in [7, 11) is 0. The van der Waals surface area contributed by atoms with Crippen LogP contribution < -0.4 is 0 Å². The topological polar surface area (TPSA) is 0 Å². The molecule has 15 heavy (non-hydrogen) atoms. The van der Waals surface area contributed by atoms with Crippen LogP contribution in [0.3, 0.4) is 0 Å². The normalized spacial score (nSPS) is 13.7. The number of unbranched alkanes of at least 4 members (excludes halogenated alkanes) is 4. The van der Waals surface area contributed by atoms with Gasteiger partial charge in [0.25, 0.3) is 5.92 Å². The third-order valence-corrected chi connectivity index (χ3v) is 2.55. The van der Waals surface area contributed by atoms with Crippen molar-refractivity contribution in [1.29, 1.82) is 0 Å². The first-order valence-electron chi connectivity index (χ1n) is 5.87. The van der Waals surface area contributed by atoms with E-state index in [0.29, 0.717) is 0 Å². The van der Waals surface area contributed by atoms with Crippen LogP contribution >= 0.6 is 0 Å². The van der Waals surface area contributed by atoms with Gasteiger partial charge in [0.05, 0.1) is 0 Å². The number of hydrogen-bond acceptors (Lipinski definition) is 0. The molecule has 0 atom stereocenters. The second-order valence-electron chi connectivity index (χ2n) is 5.12. The Labute approximate surface area is 92.8 Å². The van der Waals surface area contributed by atoms with Crippen molar-refractivity contribution in [3.8, 4) is 0 Å². The summed E-state index contributed by atoms with van der Waals surface area (Å²) in [6.07, 6.45) is 8.00. The molecule has 0 unspecified atom stereocenters. The molecule has 0 spiro atoms. The van der Waals surface area contributed by atoms with Gasteiger partial charge in [-0.15, -0.1) is 0 Å². The van der Waals surface area contributed by atoms with E-state index in [1.54, 1.807) is 26.8 Å². The molecule has 0 heterocycles. The lowest BCUT2D eigenvalue weighted by Crippen LogP contribution is -2.31. The van der Waals surface area contributed by atoms with Crippen molar-refractivity contribution >= 4 is 0 Å². The van der Waals surface area contributed by atoms with Crippen LogP contribution in [-0.4, -0.2) is 5.92 Å². The SMILES string of the molecule is CCCCCC/C=C/C(F)(F)C(C)(C)C. The lowest BCUT2D eigenvalue weighted by atomic mass is 9.87. The zero-order chi connectivity index (χ0) is 11.9. The van der Waals surface area contributed by atoms with E-state index >= 15 is 0 Å². The average Bonchev–Trinajstić information content (AvgIpc) is 2.09. The van der Waals surface area contributed by atoms with E-state index < -0.39 is 11.3 Å². The Morgan fingerprint density at radius 2 is 1.60 bits per heavy atom. The molecule has 0 amide bonds. The fraction of sp³-hybridized carbons (Fsp3) is 0.846. The first-order valence-corrected chi connectivity index (χ1v) is 5.87. The van der Waals surface area contributed by atoms with E-state index in [-0.39, 0.29) is 0 Å². The molecule has 0 rings (SSSR count). The molecular formula is C13H24F2. The highest BCUT2D eigenvalue weighted by atomic mass is 19.3. The van der Waals surface area contributed by atoms with Gasteiger partial charge in [-0.25, -0.2) is 8.78 Å². The van der Waals surface area contributed by atoms with Gasteiger partial charge in [0.15, 0.2) is 0 Å². The quantitative estimate of drug-likeness (QED) is 0.425. The van der Waals surface area contributed by atoms with E-state index in [1.165, 1.54) is 12.8 Å². The largest absolute Gasteiger partial charge is 0.271 e. The van der Waals surface area contributed by atoms with Crippen molar-refractivity contribution in [2.75, 3.05) is 0 Å². The predicted molar refractivity (Wildman–Crippen MR) is 62.3 cm³/mol. The Hall–Kier alpha value is -0.400. The third-order valence-electron chi connectivity index (χ3n) is 2.55. The molecule has 0 fully saturated rings. The van der Waals surface area contributed by atoms with Crippen LogP contribution in [0, 0.1) is 5.41 Å². The molecule has 0 nitrogen and oxygen atoms in total. The van der Waals surface area contributed by atoms with Crippen LogP contribution in [0.15, 0.2) is 12.2 Å². The molecule has 90 valence electrons. The van der Waals surface area contributed by atoms with Gasteiger partial charge in [0, 0.05) is 5.41 Å². The fourth-order valence-corrected chi connectivity index (χ4v) is 1.17. The van der Waals surface area contributed by atoms with Crippen molar-refractivity contribution in [2.45, 2.75) is 65.7 Å². The summed E-state index contributed by atoms with van der Waals surface area (Å²) in [6, 6.07) is 0. The van der Waals surface area contributed by atoms with E-state index in [9.17, 15) is 8.78 Å². The zero-order valence-electron chi connectivity index (χ0n) is 10.4. The summed E-state index contributed by atoms with van der Waals surface area (Å²) < 4.78 is 26.8. The summed E-state index contributed by atoms with van der Waals surface area (Å²) in [5, 5.41) is 0. The summed E-state index contributed by atoms with van der Waals surface area (Å²) in [4.78, 5) is 0. The number of halogens is 2. The van der Waals surface area contributed by atoms with Gasteiger partial charge in [-0.2, -0.15) is 0 Å². The lowest BCUT2D eigenvalue weighted by molar-refractivity contribution is -0.0501. The Bertz CT molecular complexity index is 187. The highest BCUT2D eigenvalue weighted by molar-refractivity contribution is 5.00. The van der Waals surface area contributed by atoms with Crippen LogP contribution in [0.2, 0.25) is 0 Å². The molecule has 0 aliphatic rings. The molecule has 0 radical (unpaired) electrons. The monoisotopic (exact) mass is 218 g/mol. The smallest absolute Gasteiger partial charge is 0.201 e. The minimum Gasteiger partial charge on any atom is -0.201 e. The van der Waals surface area contributed by atoms with Gasteiger partial charge < -0.3 is 0 Å². The van der Waals surface area contributed by atoms with Crippen molar-refractivity contribution in [3.63, 3.8) is 0 Å². The van der Waals surface area contributed by atoms with E-state index in [1.807, 2.05) is 0 Å². The molecule has 0 aliphatic carbocycles. The molecule has 0 saturated heterocycles. The molecule has 0 aromatic heterocycles. The van der Waals surface area contributed by atoms with Gasteiger partial charge >= 0.3 is 0 Å². The van der Waals surface area contributed by atoms with E-state index in [4.69, 9.17) is 0 Å². The van der Waals surface area contributed by atoms with Gasteiger partial charge in [-0.1, -0.05) is 53.0 Å². The van der Waals surface area contributed by atoms with Gasteiger partial charge in [0.1, 0.15) is 0 Å². The maximum atomic E-state index is 13.4. The minimum absolute atomic E-state index is 0.770. The summed E-state index contributed by atoms with van der Waals surface area (Å²) in [5.74, 6) is -2.70. The maximum absolute atomic E-state index is 13.4. The Balaban J connectivity index is 3.85. The van der Waals surface area contributed by atoms with Crippen molar-refractivity contribution in [3.05, 3.63) is 12.2 Å². The predicted octanol–water partition coefficient (Wildman–Crippen LogP) is 5.19. The highest BCUT2D eigenvalue weighted by Gasteiger charge is 2.39. The van der Waals surface area contributed by atoms with Crippen LogP contribution in [0.25, 0.3) is 0 Å². The van der Waals surface area contributed by atoms with Crippen LogP contribution in [0.4, 0.5) is 8.78 Å². The van der Waals surface area contributed by atoms with Crippen molar-refractivity contribution in [1.82, 2.24) is 0 Å². The second-order valence-corrected chi connectivity index (χ2v) is 5.12. The minimum atomic E-state index is -2.70. The standard InChI is InChI=1S/C13H24F2/c1-5-6-7-8-9-10-11-13(14,15)12(2,3)4/h10-11H,5-9H2,1-4H3/b11-10+. The average molecular weight is 218 g/mol. The molecule has 0 saturated carbocycles. The first-order chi connectivity index (χ1) is 6.81. The zero-order valence-corrected chi connectivity index (χ0v) is 10.4. The van der Waals surface area contributed by atoms with Crippen molar-refractivity contribution < 1.29 is 8.78 Å². The highest BCUT2D eigenvalue weighted by Crippen LogP contribution is 2.36. The molecule has 0 N–H and O–H groups in total. The van der Waals surface area contributed by atoms with E-state index in [0.717, 1.165) is 25.3 Å². The molecular weight excluding hydrogens is 194 g/mol. The summed E-state index contributed by atoms with van der Waals surface area (Å²) in [5.41, 5.74) is -0.979. The number of rotatable bonds is 6.